The molecule has 0 spiro atoms. The van der Waals surface area contributed by atoms with Crippen LogP contribution in [0.3, 0.4) is 0 Å². The fourth-order valence-electron chi connectivity index (χ4n) is 0.958. The van der Waals surface area contributed by atoms with E-state index in [1.54, 1.807) is 19.5 Å². The summed E-state index contributed by atoms with van der Waals surface area (Å²) in [6.07, 6.45) is 5.79. The van der Waals surface area contributed by atoms with Crippen LogP contribution in [0.25, 0.3) is 6.08 Å². The van der Waals surface area contributed by atoms with E-state index in [1.165, 1.54) is 0 Å². The second kappa shape index (κ2) is 5.14. The Kier molecular flexibility index (Phi) is 3.76. The molecule has 0 aliphatic rings. The number of methoxy groups -OCH3 is 1. The molecule has 0 bridgehead atoms. The van der Waals surface area contributed by atoms with E-state index in [0.29, 0.717) is 6.42 Å². The highest BCUT2D eigenvalue weighted by atomic mass is 16.5. The summed E-state index contributed by atoms with van der Waals surface area (Å²) < 4.78 is 5.01. The molecule has 0 heterocycles. The molecule has 2 heteroatoms. The van der Waals surface area contributed by atoms with E-state index in [0.717, 1.165) is 11.3 Å². The van der Waals surface area contributed by atoms with E-state index in [9.17, 15) is 4.79 Å². The molecule has 0 saturated carbocycles. The molecular formula is C11H11O2. The maximum atomic E-state index is 9.90. The lowest BCUT2D eigenvalue weighted by molar-refractivity contribution is 0.415. The first-order valence-corrected chi connectivity index (χ1v) is 4.02. The summed E-state index contributed by atoms with van der Waals surface area (Å²) in [5, 5.41) is 0. The smallest absolute Gasteiger partial charge is 0.202 e. The SMILES string of the molecule is COc1ccc(/C=C/C[C]=O)cc1. The maximum absolute atomic E-state index is 9.90. The summed E-state index contributed by atoms with van der Waals surface area (Å²) in [6, 6.07) is 7.62. The second-order valence-electron chi connectivity index (χ2n) is 2.52. The van der Waals surface area contributed by atoms with Crippen LogP contribution in [0.15, 0.2) is 30.3 Å². The molecule has 1 radical (unpaired) electrons. The van der Waals surface area contributed by atoms with Crippen molar-refractivity contribution in [2.24, 2.45) is 0 Å². The molecule has 1 rings (SSSR count). The van der Waals surface area contributed by atoms with E-state index in [-0.39, 0.29) is 0 Å². The first-order chi connectivity index (χ1) is 6.36. The summed E-state index contributed by atoms with van der Waals surface area (Å²) in [5.41, 5.74) is 1.05. The van der Waals surface area contributed by atoms with Gasteiger partial charge in [-0.15, -0.1) is 0 Å². The molecule has 0 aliphatic carbocycles. The zero-order chi connectivity index (χ0) is 9.52. The van der Waals surface area contributed by atoms with E-state index in [4.69, 9.17) is 4.74 Å². The maximum Gasteiger partial charge on any atom is 0.202 e. The van der Waals surface area contributed by atoms with Crippen LogP contribution in [0.4, 0.5) is 0 Å². The molecule has 1 aromatic rings. The van der Waals surface area contributed by atoms with Crippen molar-refractivity contribution in [2.45, 2.75) is 6.42 Å². The van der Waals surface area contributed by atoms with Gasteiger partial charge in [0.1, 0.15) is 5.75 Å². The topological polar surface area (TPSA) is 26.3 Å². The molecule has 0 saturated heterocycles. The number of ether oxygens (including phenoxy) is 1. The quantitative estimate of drug-likeness (QED) is 0.701. The van der Waals surface area contributed by atoms with E-state index >= 15 is 0 Å². The number of rotatable bonds is 4. The van der Waals surface area contributed by atoms with E-state index in [2.05, 4.69) is 0 Å². The largest absolute Gasteiger partial charge is 0.497 e. The summed E-state index contributed by atoms with van der Waals surface area (Å²) in [5.74, 6) is 0.832. The van der Waals surface area contributed by atoms with Gasteiger partial charge in [-0.3, -0.25) is 4.79 Å². The van der Waals surface area contributed by atoms with Crippen LogP contribution in [-0.2, 0) is 4.79 Å². The van der Waals surface area contributed by atoms with Gasteiger partial charge in [0.25, 0.3) is 0 Å². The Balaban J connectivity index is 2.63. The van der Waals surface area contributed by atoms with Crippen molar-refractivity contribution < 1.29 is 9.53 Å². The standard InChI is InChI=1S/C11H11O2/c1-13-11-7-5-10(6-8-11)4-2-3-9-12/h2,4-8H,3H2,1H3/b4-2+. The molecule has 0 fully saturated rings. The van der Waals surface area contributed by atoms with Gasteiger partial charge in [0.05, 0.1) is 7.11 Å². The van der Waals surface area contributed by atoms with Gasteiger partial charge in [0, 0.05) is 6.42 Å². The normalized spacial score (nSPS) is 10.2. The fourth-order valence-corrected chi connectivity index (χ4v) is 0.958. The zero-order valence-corrected chi connectivity index (χ0v) is 7.49. The third-order valence-electron chi connectivity index (χ3n) is 1.63. The molecular weight excluding hydrogens is 164 g/mol. The van der Waals surface area contributed by atoms with Gasteiger partial charge in [-0.2, -0.15) is 0 Å². The van der Waals surface area contributed by atoms with Crippen molar-refractivity contribution in [2.75, 3.05) is 7.11 Å². The molecule has 0 aromatic heterocycles. The van der Waals surface area contributed by atoms with Crippen LogP contribution < -0.4 is 4.74 Å². The Hall–Kier alpha value is -1.57. The van der Waals surface area contributed by atoms with Gasteiger partial charge in [-0.25, -0.2) is 0 Å². The van der Waals surface area contributed by atoms with Crippen molar-refractivity contribution in [1.82, 2.24) is 0 Å². The van der Waals surface area contributed by atoms with Crippen molar-refractivity contribution in [1.29, 1.82) is 0 Å². The fraction of sp³-hybridized carbons (Fsp3) is 0.182. The Bertz CT molecular complexity index is 285. The predicted molar refractivity (Wildman–Crippen MR) is 52.3 cm³/mol. The molecule has 0 N–H and O–H groups in total. The first kappa shape index (κ1) is 9.52. The molecule has 13 heavy (non-hydrogen) atoms. The molecule has 67 valence electrons. The van der Waals surface area contributed by atoms with Crippen LogP contribution in [0.2, 0.25) is 0 Å². The van der Waals surface area contributed by atoms with Crippen molar-refractivity contribution in [3.63, 3.8) is 0 Å². The first-order valence-electron chi connectivity index (χ1n) is 4.02. The number of hydrogen-bond donors (Lipinski definition) is 0. The molecule has 0 amide bonds. The van der Waals surface area contributed by atoms with Gasteiger partial charge >= 0.3 is 0 Å². The van der Waals surface area contributed by atoms with Gasteiger partial charge in [-0.05, 0) is 17.7 Å². The number of allylic oxidation sites excluding steroid dienone is 1. The van der Waals surface area contributed by atoms with Crippen LogP contribution in [-0.4, -0.2) is 13.4 Å². The number of hydrogen-bond acceptors (Lipinski definition) is 2. The highest BCUT2D eigenvalue weighted by molar-refractivity contribution is 5.58. The number of benzene rings is 1. The van der Waals surface area contributed by atoms with Crippen LogP contribution >= 0.6 is 0 Å². The Morgan fingerprint density at radius 1 is 1.38 bits per heavy atom. The van der Waals surface area contributed by atoms with Gasteiger partial charge in [0.2, 0.25) is 6.29 Å². The Labute approximate surface area is 77.8 Å². The number of carbonyl (C=O) groups excluding carboxylic acids is 1. The molecule has 0 unspecified atom stereocenters. The van der Waals surface area contributed by atoms with Gasteiger partial charge < -0.3 is 4.74 Å². The van der Waals surface area contributed by atoms with Gasteiger partial charge in [0.15, 0.2) is 0 Å². The lowest BCUT2D eigenvalue weighted by atomic mass is 10.2. The Morgan fingerprint density at radius 3 is 2.62 bits per heavy atom. The molecule has 2 nitrogen and oxygen atoms in total. The summed E-state index contributed by atoms with van der Waals surface area (Å²) in [6.45, 7) is 0. The lowest BCUT2D eigenvalue weighted by Gasteiger charge is -1.98. The second-order valence-corrected chi connectivity index (χ2v) is 2.52. The lowest BCUT2D eigenvalue weighted by Crippen LogP contribution is -1.81. The molecule has 1 aromatic carbocycles. The minimum absolute atomic E-state index is 0.339. The van der Waals surface area contributed by atoms with Crippen molar-refractivity contribution in [3.8, 4) is 5.75 Å². The molecule has 0 atom stereocenters. The average Bonchev–Trinajstić information content (AvgIpc) is 2.19. The van der Waals surface area contributed by atoms with Crippen LogP contribution in [0.5, 0.6) is 5.75 Å². The third-order valence-corrected chi connectivity index (χ3v) is 1.63. The summed E-state index contributed by atoms with van der Waals surface area (Å²) in [4.78, 5) is 9.90. The van der Waals surface area contributed by atoms with Crippen LogP contribution in [0, 0.1) is 0 Å². The highest BCUT2D eigenvalue weighted by Gasteiger charge is 1.88. The summed E-state index contributed by atoms with van der Waals surface area (Å²) in [7, 11) is 1.63. The minimum Gasteiger partial charge on any atom is -0.497 e. The monoisotopic (exact) mass is 175 g/mol. The third kappa shape index (κ3) is 3.11. The zero-order valence-electron chi connectivity index (χ0n) is 7.49. The average molecular weight is 175 g/mol. The van der Waals surface area contributed by atoms with Crippen molar-refractivity contribution in [3.05, 3.63) is 35.9 Å². The van der Waals surface area contributed by atoms with Crippen LogP contribution in [0.1, 0.15) is 12.0 Å². The predicted octanol–water partition coefficient (Wildman–Crippen LogP) is 2.21. The van der Waals surface area contributed by atoms with Gasteiger partial charge in [-0.1, -0.05) is 24.3 Å². The highest BCUT2D eigenvalue weighted by Crippen LogP contribution is 2.12. The minimum atomic E-state index is 0.339. The molecule has 0 aliphatic heterocycles. The van der Waals surface area contributed by atoms with E-state index in [1.807, 2.05) is 30.3 Å². The van der Waals surface area contributed by atoms with E-state index < -0.39 is 0 Å². The van der Waals surface area contributed by atoms with Crippen molar-refractivity contribution >= 4 is 12.4 Å². The summed E-state index contributed by atoms with van der Waals surface area (Å²) >= 11 is 0. The Morgan fingerprint density at radius 2 is 2.08 bits per heavy atom.